The lowest BCUT2D eigenvalue weighted by atomic mass is 10.2. The number of carbonyl (C=O) groups excluding carboxylic acids is 1. The Balaban J connectivity index is 1.40. The number of hydrogen-bond acceptors (Lipinski definition) is 3. The SMILES string of the molecule is C[C@H]1CC[C@H](C)N1CCN1CCN(C(=O)Nc2ccc(F)cc2)CC1. The summed E-state index contributed by atoms with van der Waals surface area (Å²) in [6.45, 7) is 10.1. The second kappa shape index (κ2) is 8.15. The summed E-state index contributed by atoms with van der Waals surface area (Å²) in [5.74, 6) is -0.298. The number of nitrogens with zero attached hydrogens (tertiary/aromatic N) is 3. The van der Waals surface area contributed by atoms with Gasteiger partial charge in [0.25, 0.3) is 0 Å². The van der Waals surface area contributed by atoms with Crippen LogP contribution in [0, 0.1) is 5.82 Å². The van der Waals surface area contributed by atoms with Crippen molar-refractivity contribution in [3.05, 3.63) is 30.1 Å². The Morgan fingerprint density at radius 1 is 1.04 bits per heavy atom. The number of likely N-dealkylation sites (tertiary alicyclic amines) is 1. The molecular weight excluding hydrogens is 319 g/mol. The molecule has 25 heavy (non-hydrogen) atoms. The van der Waals surface area contributed by atoms with Gasteiger partial charge in [-0.2, -0.15) is 0 Å². The average Bonchev–Trinajstić information content (AvgIpc) is 2.93. The molecule has 138 valence electrons. The Bertz CT molecular complexity index is 561. The highest BCUT2D eigenvalue weighted by atomic mass is 19.1. The Morgan fingerprint density at radius 2 is 1.64 bits per heavy atom. The number of nitrogens with one attached hydrogen (secondary N) is 1. The molecule has 2 aliphatic rings. The Morgan fingerprint density at radius 3 is 2.24 bits per heavy atom. The fraction of sp³-hybridized carbons (Fsp3) is 0.632. The quantitative estimate of drug-likeness (QED) is 0.909. The predicted molar refractivity (Wildman–Crippen MR) is 98.3 cm³/mol. The second-order valence-corrected chi connectivity index (χ2v) is 7.28. The van der Waals surface area contributed by atoms with Crippen molar-refractivity contribution in [1.29, 1.82) is 0 Å². The maximum atomic E-state index is 12.9. The van der Waals surface area contributed by atoms with Gasteiger partial charge in [-0.15, -0.1) is 0 Å². The lowest BCUT2D eigenvalue weighted by molar-refractivity contribution is 0.123. The van der Waals surface area contributed by atoms with E-state index < -0.39 is 0 Å². The van der Waals surface area contributed by atoms with Crippen molar-refractivity contribution in [3.8, 4) is 0 Å². The van der Waals surface area contributed by atoms with Crippen molar-refractivity contribution < 1.29 is 9.18 Å². The fourth-order valence-corrected chi connectivity index (χ4v) is 3.86. The van der Waals surface area contributed by atoms with E-state index in [0.29, 0.717) is 17.8 Å². The third kappa shape index (κ3) is 4.70. The van der Waals surface area contributed by atoms with Gasteiger partial charge in [-0.05, 0) is 51.0 Å². The lowest BCUT2D eigenvalue weighted by Crippen LogP contribution is -2.51. The summed E-state index contributed by atoms with van der Waals surface area (Å²) in [5.41, 5.74) is 0.630. The number of rotatable bonds is 4. The van der Waals surface area contributed by atoms with Gasteiger partial charge >= 0.3 is 6.03 Å². The summed E-state index contributed by atoms with van der Waals surface area (Å²) in [6.07, 6.45) is 2.61. The molecule has 0 radical (unpaired) electrons. The average molecular weight is 348 g/mol. The molecule has 5 nitrogen and oxygen atoms in total. The number of halogens is 1. The van der Waals surface area contributed by atoms with E-state index in [1.807, 2.05) is 4.90 Å². The minimum Gasteiger partial charge on any atom is -0.322 e. The maximum Gasteiger partial charge on any atom is 0.321 e. The van der Waals surface area contributed by atoms with Gasteiger partial charge in [0.2, 0.25) is 0 Å². The van der Waals surface area contributed by atoms with Gasteiger partial charge in [0.15, 0.2) is 0 Å². The van der Waals surface area contributed by atoms with Crippen molar-refractivity contribution in [1.82, 2.24) is 14.7 Å². The summed E-state index contributed by atoms with van der Waals surface area (Å²) in [5, 5.41) is 2.84. The monoisotopic (exact) mass is 348 g/mol. The maximum absolute atomic E-state index is 12.9. The van der Waals surface area contributed by atoms with Crippen molar-refractivity contribution in [2.45, 2.75) is 38.8 Å². The first-order valence-electron chi connectivity index (χ1n) is 9.32. The number of piperazine rings is 1. The van der Waals surface area contributed by atoms with Crippen LogP contribution in [0.1, 0.15) is 26.7 Å². The smallest absolute Gasteiger partial charge is 0.321 e. The summed E-state index contributed by atoms with van der Waals surface area (Å²) in [4.78, 5) is 19.2. The minimum absolute atomic E-state index is 0.104. The number of carbonyl (C=O) groups is 1. The molecule has 0 spiro atoms. The molecule has 0 saturated carbocycles. The summed E-state index contributed by atoms with van der Waals surface area (Å²) in [7, 11) is 0. The molecular formula is C19H29FN4O. The van der Waals surface area contributed by atoms with Crippen LogP contribution in [0.3, 0.4) is 0 Å². The lowest BCUT2D eigenvalue weighted by Gasteiger charge is -2.36. The predicted octanol–water partition coefficient (Wildman–Crippen LogP) is 2.85. The first-order valence-corrected chi connectivity index (χ1v) is 9.32. The van der Waals surface area contributed by atoms with Crippen LogP contribution >= 0.6 is 0 Å². The number of anilines is 1. The normalized spacial score (nSPS) is 25.3. The van der Waals surface area contributed by atoms with Gasteiger partial charge in [-0.3, -0.25) is 9.80 Å². The molecule has 2 atom stereocenters. The van der Waals surface area contributed by atoms with E-state index in [0.717, 1.165) is 39.3 Å². The zero-order valence-electron chi connectivity index (χ0n) is 15.2. The summed E-state index contributed by atoms with van der Waals surface area (Å²) < 4.78 is 12.9. The molecule has 0 bridgehead atoms. The topological polar surface area (TPSA) is 38.8 Å². The molecule has 2 aliphatic heterocycles. The standard InChI is InChI=1S/C19H29FN4O/c1-15-3-4-16(2)24(15)14-11-22-9-12-23(13-10-22)19(25)21-18-7-5-17(20)6-8-18/h5-8,15-16H,3-4,9-14H2,1-2H3,(H,21,25)/t15-,16-/m0/s1. The van der Waals surface area contributed by atoms with Crippen LogP contribution in [0.4, 0.5) is 14.9 Å². The van der Waals surface area contributed by atoms with Gasteiger partial charge in [0.05, 0.1) is 0 Å². The molecule has 3 rings (SSSR count). The Labute approximate surface area is 149 Å². The number of benzene rings is 1. The van der Waals surface area contributed by atoms with Gasteiger partial charge in [0, 0.05) is 57.0 Å². The van der Waals surface area contributed by atoms with Crippen molar-refractivity contribution in [2.75, 3.05) is 44.6 Å². The van der Waals surface area contributed by atoms with E-state index in [-0.39, 0.29) is 11.8 Å². The first-order chi connectivity index (χ1) is 12.0. The molecule has 2 amide bonds. The highest BCUT2D eigenvalue weighted by Crippen LogP contribution is 2.22. The van der Waals surface area contributed by atoms with Crippen molar-refractivity contribution >= 4 is 11.7 Å². The summed E-state index contributed by atoms with van der Waals surface area (Å²) >= 11 is 0. The van der Waals surface area contributed by atoms with Crippen LogP contribution in [0.15, 0.2) is 24.3 Å². The van der Waals surface area contributed by atoms with E-state index >= 15 is 0 Å². The highest BCUT2D eigenvalue weighted by molar-refractivity contribution is 5.89. The third-order valence-electron chi connectivity index (χ3n) is 5.56. The van der Waals surface area contributed by atoms with Gasteiger partial charge in [-0.1, -0.05) is 0 Å². The Hall–Kier alpha value is -1.66. The molecule has 1 aromatic rings. The second-order valence-electron chi connectivity index (χ2n) is 7.28. The molecule has 0 aromatic heterocycles. The van der Waals surface area contributed by atoms with Gasteiger partial charge in [0.1, 0.15) is 5.82 Å². The molecule has 0 aliphatic carbocycles. The molecule has 1 N–H and O–H groups in total. The number of urea groups is 1. The molecule has 2 fully saturated rings. The molecule has 6 heteroatoms. The first kappa shape index (κ1) is 18.1. The largest absolute Gasteiger partial charge is 0.322 e. The van der Waals surface area contributed by atoms with Gasteiger partial charge in [-0.25, -0.2) is 9.18 Å². The van der Waals surface area contributed by atoms with Crippen LogP contribution in [0.5, 0.6) is 0 Å². The van der Waals surface area contributed by atoms with Crippen LogP contribution in [0.2, 0.25) is 0 Å². The molecule has 1 aromatic carbocycles. The minimum atomic E-state index is -0.298. The molecule has 2 saturated heterocycles. The van der Waals surface area contributed by atoms with E-state index in [4.69, 9.17) is 0 Å². The summed E-state index contributed by atoms with van der Waals surface area (Å²) in [6, 6.07) is 7.16. The van der Waals surface area contributed by atoms with Crippen LogP contribution < -0.4 is 5.32 Å². The Kier molecular flexibility index (Phi) is 5.91. The molecule has 0 unspecified atom stereocenters. The van der Waals surface area contributed by atoms with Crippen LogP contribution in [-0.2, 0) is 0 Å². The van der Waals surface area contributed by atoms with Crippen LogP contribution in [0.25, 0.3) is 0 Å². The van der Waals surface area contributed by atoms with Crippen LogP contribution in [-0.4, -0.2) is 72.1 Å². The van der Waals surface area contributed by atoms with E-state index in [2.05, 4.69) is 29.0 Å². The van der Waals surface area contributed by atoms with E-state index in [1.165, 1.54) is 25.0 Å². The third-order valence-corrected chi connectivity index (χ3v) is 5.56. The van der Waals surface area contributed by atoms with E-state index in [9.17, 15) is 9.18 Å². The van der Waals surface area contributed by atoms with Gasteiger partial charge < -0.3 is 10.2 Å². The number of hydrogen-bond donors (Lipinski definition) is 1. The van der Waals surface area contributed by atoms with E-state index in [1.54, 1.807) is 12.1 Å². The zero-order chi connectivity index (χ0) is 17.8. The highest BCUT2D eigenvalue weighted by Gasteiger charge is 2.28. The zero-order valence-corrected chi connectivity index (χ0v) is 15.2. The molecule has 2 heterocycles. The van der Waals surface area contributed by atoms with Crippen molar-refractivity contribution in [2.24, 2.45) is 0 Å². The fourth-order valence-electron chi connectivity index (χ4n) is 3.86. The van der Waals surface area contributed by atoms with Crippen molar-refractivity contribution in [3.63, 3.8) is 0 Å². The number of amides is 2.